The van der Waals surface area contributed by atoms with Gasteiger partial charge in [-0.15, -0.1) is 11.8 Å². The van der Waals surface area contributed by atoms with Crippen molar-refractivity contribution in [1.29, 1.82) is 0 Å². The summed E-state index contributed by atoms with van der Waals surface area (Å²) in [5.41, 5.74) is 5.42. The summed E-state index contributed by atoms with van der Waals surface area (Å²) in [6.45, 7) is 4.67. The number of hydrogen-bond donors (Lipinski definition) is 1. The van der Waals surface area contributed by atoms with Crippen LogP contribution in [-0.4, -0.2) is 40.3 Å². The summed E-state index contributed by atoms with van der Waals surface area (Å²) < 4.78 is 0. The topological polar surface area (TPSA) is 63.4 Å². The van der Waals surface area contributed by atoms with Gasteiger partial charge in [-0.1, -0.05) is 13.8 Å². The Balaban J connectivity index is 2.58. The van der Waals surface area contributed by atoms with Gasteiger partial charge in [0.15, 0.2) is 0 Å². The molecule has 0 aromatic rings. The Labute approximate surface area is 107 Å². The monoisotopic (exact) mass is 258 g/mol. The van der Waals surface area contributed by atoms with Crippen LogP contribution in [0, 0.1) is 0 Å². The van der Waals surface area contributed by atoms with Crippen LogP contribution in [0.5, 0.6) is 0 Å². The summed E-state index contributed by atoms with van der Waals surface area (Å²) in [4.78, 5) is 25.5. The van der Waals surface area contributed by atoms with Crippen LogP contribution in [0.15, 0.2) is 0 Å². The molecule has 1 fully saturated rings. The number of carbonyl (C=O) groups excluding carboxylic acids is 2. The van der Waals surface area contributed by atoms with Crippen LogP contribution in [0.2, 0.25) is 0 Å². The quantitative estimate of drug-likeness (QED) is 0.553. The van der Waals surface area contributed by atoms with Gasteiger partial charge in [-0.25, -0.2) is 0 Å². The van der Waals surface area contributed by atoms with Crippen molar-refractivity contribution in [1.82, 2.24) is 4.90 Å². The smallest absolute Gasteiger partial charge is 0.243 e. The van der Waals surface area contributed by atoms with Gasteiger partial charge in [-0.3, -0.25) is 14.5 Å². The number of hydrogen-bond acceptors (Lipinski definition) is 4. The summed E-state index contributed by atoms with van der Waals surface area (Å²) in [5, 5.41) is -0.172. The van der Waals surface area contributed by atoms with E-state index in [1.807, 2.05) is 13.8 Å². The normalized spacial score (nSPS) is 20.7. The van der Waals surface area contributed by atoms with Crippen LogP contribution >= 0.6 is 11.8 Å². The lowest BCUT2D eigenvalue weighted by Crippen LogP contribution is -2.40. The van der Waals surface area contributed by atoms with Gasteiger partial charge in [0, 0.05) is 12.5 Å². The molecule has 0 bridgehead atoms. The van der Waals surface area contributed by atoms with Crippen LogP contribution in [-0.2, 0) is 9.59 Å². The first-order chi connectivity index (χ1) is 8.15. The van der Waals surface area contributed by atoms with Crippen LogP contribution in [0.4, 0.5) is 0 Å². The second kappa shape index (κ2) is 7.01. The van der Waals surface area contributed by atoms with Crippen LogP contribution in [0.25, 0.3) is 0 Å². The molecule has 1 aliphatic heterocycles. The molecule has 1 rings (SSSR count). The molecule has 17 heavy (non-hydrogen) atoms. The number of carbonyl (C=O) groups is 2. The zero-order valence-electron chi connectivity index (χ0n) is 10.6. The van der Waals surface area contributed by atoms with Gasteiger partial charge in [0.25, 0.3) is 0 Å². The number of nitrogens with two attached hydrogens (primary N) is 1. The van der Waals surface area contributed by atoms with E-state index in [-0.39, 0.29) is 23.1 Å². The molecule has 4 nitrogen and oxygen atoms in total. The number of rotatable bonds is 7. The molecule has 0 radical (unpaired) electrons. The first-order valence-electron chi connectivity index (χ1n) is 6.33. The predicted octanol–water partition coefficient (Wildman–Crippen LogP) is 1.38. The van der Waals surface area contributed by atoms with Crippen molar-refractivity contribution in [2.45, 2.75) is 50.8 Å². The van der Waals surface area contributed by atoms with Gasteiger partial charge < -0.3 is 5.73 Å². The van der Waals surface area contributed by atoms with E-state index in [0.29, 0.717) is 13.0 Å². The van der Waals surface area contributed by atoms with Crippen molar-refractivity contribution in [3.63, 3.8) is 0 Å². The van der Waals surface area contributed by atoms with Gasteiger partial charge in [0.1, 0.15) is 0 Å². The molecule has 1 saturated heterocycles. The van der Waals surface area contributed by atoms with Crippen LogP contribution < -0.4 is 5.73 Å². The van der Waals surface area contributed by atoms with Crippen LogP contribution in [0.3, 0.4) is 0 Å². The third-order valence-corrected chi connectivity index (χ3v) is 4.41. The number of amides is 2. The summed E-state index contributed by atoms with van der Waals surface area (Å²) in [5.74, 6) is 0.858. The van der Waals surface area contributed by atoms with Crippen molar-refractivity contribution in [2.24, 2.45) is 5.73 Å². The van der Waals surface area contributed by atoms with E-state index in [0.717, 1.165) is 25.0 Å². The fourth-order valence-corrected chi connectivity index (χ4v) is 3.23. The molecule has 1 atom stereocenters. The fourth-order valence-electron chi connectivity index (χ4n) is 2.10. The molecule has 2 amide bonds. The molecule has 1 unspecified atom stereocenters. The van der Waals surface area contributed by atoms with Crippen molar-refractivity contribution < 1.29 is 9.59 Å². The molecule has 0 spiro atoms. The highest BCUT2D eigenvalue weighted by Gasteiger charge is 2.41. The minimum Gasteiger partial charge on any atom is -0.330 e. The van der Waals surface area contributed by atoms with E-state index in [2.05, 4.69) is 0 Å². The van der Waals surface area contributed by atoms with E-state index < -0.39 is 0 Å². The molecule has 0 aliphatic carbocycles. The summed E-state index contributed by atoms with van der Waals surface area (Å²) in [7, 11) is 0. The third kappa shape index (κ3) is 3.45. The Kier molecular flexibility index (Phi) is 5.98. The number of thioether (sulfide) groups is 1. The average Bonchev–Trinajstić information content (AvgIpc) is 2.59. The standard InChI is InChI=1S/C12H22N2O2S/c1-3-9(4-2)14-11(15)8-10(12(14)16)17-7-5-6-13/h9-10H,3-8,13H2,1-2H3. The maximum absolute atomic E-state index is 12.1. The molecular weight excluding hydrogens is 236 g/mol. The van der Waals surface area contributed by atoms with Gasteiger partial charge in [-0.05, 0) is 31.6 Å². The van der Waals surface area contributed by atoms with E-state index >= 15 is 0 Å². The van der Waals surface area contributed by atoms with Crippen LogP contribution in [0.1, 0.15) is 39.5 Å². The third-order valence-electron chi connectivity index (χ3n) is 3.12. The molecule has 98 valence electrons. The Bertz CT molecular complexity index is 280. The van der Waals surface area contributed by atoms with Gasteiger partial charge >= 0.3 is 0 Å². The molecule has 0 aromatic heterocycles. The maximum Gasteiger partial charge on any atom is 0.243 e. The average molecular weight is 258 g/mol. The Morgan fingerprint density at radius 3 is 2.59 bits per heavy atom. The molecule has 0 saturated carbocycles. The first kappa shape index (κ1) is 14.5. The van der Waals surface area contributed by atoms with E-state index in [1.54, 1.807) is 11.8 Å². The van der Waals surface area contributed by atoms with E-state index in [1.165, 1.54) is 4.90 Å². The molecule has 2 N–H and O–H groups in total. The minimum absolute atomic E-state index is 0.00530. The predicted molar refractivity (Wildman–Crippen MR) is 70.8 cm³/mol. The molecule has 5 heteroatoms. The second-order valence-corrected chi connectivity index (χ2v) is 5.59. The van der Waals surface area contributed by atoms with Crippen molar-refractivity contribution >= 4 is 23.6 Å². The Hall–Kier alpha value is -0.550. The number of imide groups is 1. The minimum atomic E-state index is -0.172. The summed E-state index contributed by atoms with van der Waals surface area (Å²) >= 11 is 1.57. The second-order valence-electron chi connectivity index (χ2n) is 4.28. The lowest BCUT2D eigenvalue weighted by atomic mass is 10.1. The Morgan fingerprint density at radius 2 is 2.06 bits per heavy atom. The van der Waals surface area contributed by atoms with Crippen molar-refractivity contribution in [3.8, 4) is 0 Å². The summed E-state index contributed by atoms with van der Waals surface area (Å²) in [6.07, 6.45) is 2.94. The highest BCUT2D eigenvalue weighted by Crippen LogP contribution is 2.28. The van der Waals surface area contributed by atoms with E-state index in [9.17, 15) is 9.59 Å². The molecular formula is C12H22N2O2S. The van der Waals surface area contributed by atoms with Crippen molar-refractivity contribution in [2.75, 3.05) is 12.3 Å². The van der Waals surface area contributed by atoms with Gasteiger partial charge in [-0.2, -0.15) is 0 Å². The fraction of sp³-hybridized carbons (Fsp3) is 0.833. The molecule has 1 aliphatic rings. The lowest BCUT2D eigenvalue weighted by molar-refractivity contribution is -0.141. The SMILES string of the molecule is CCC(CC)N1C(=O)CC(SCCCN)C1=O. The molecule has 1 heterocycles. The summed E-state index contributed by atoms with van der Waals surface area (Å²) in [6, 6.07) is 0.0788. The lowest BCUT2D eigenvalue weighted by Gasteiger charge is -2.24. The zero-order chi connectivity index (χ0) is 12.8. The van der Waals surface area contributed by atoms with E-state index in [4.69, 9.17) is 5.73 Å². The molecule has 0 aromatic carbocycles. The van der Waals surface area contributed by atoms with Crippen molar-refractivity contribution in [3.05, 3.63) is 0 Å². The maximum atomic E-state index is 12.1. The Morgan fingerprint density at radius 1 is 1.41 bits per heavy atom. The zero-order valence-corrected chi connectivity index (χ0v) is 11.5. The van der Waals surface area contributed by atoms with Gasteiger partial charge in [0.2, 0.25) is 11.8 Å². The number of likely N-dealkylation sites (tertiary alicyclic amines) is 1. The van der Waals surface area contributed by atoms with Gasteiger partial charge in [0.05, 0.1) is 5.25 Å². The number of nitrogens with zero attached hydrogens (tertiary/aromatic N) is 1. The largest absolute Gasteiger partial charge is 0.330 e. The highest BCUT2D eigenvalue weighted by molar-refractivity contribution is 8.00. The highest BCUT2D eigenvalue weighted by atomic mass is 32.2. The first-order valence-corrected chi connectivity index (χ1v) is 7.38.